The maximum Gasteiger partial charge on any atom is 0.338 e. The summed E-state index contributed by atoms with van der Waals surface area (Å²) in [6.45, 7) is 11.0. The van der Waals surface area contributed by atoms with Gasteiger partial charge in [-0.2, -0.15) is 0 Å². The first-order valence-corrected chi connectivity index (χ1v) is 10.4. The number of ether oxygens (including phenoxy) is 5. The summed E-state index contributed by atoms with van der Waals surface area (Å²) in [5.41, 5.74) is 0.782. The second-order valence-corrected chi connectivity index (χ2v) is 8.63. The Bertz CT molecular complexity index is 928. The van der Waals surface area contributed by atoms with Crippen LogP contribution in [0.3, 0.4) is 0 Å². The highest BCUT2D eigenvalue weighted by atomic mass is 16.7. The van der Waals surface area contributed by atoms with E-state index < -0.39 is 53.9 Å². The Hall–Kier alpha value is -2.94. The van der Waals surface area contributed by atoms with Crippen molar-refractivity contribution in [1.82, 2.24) is 0 Å². The van der Waals surface area contributed by atoms with Crippen molar-refractivity contribution in [2.24, 2.45) is 0 Å². The number of epoxide rings is 1. The van der Waals surface area contributed by atoms with Crippen LogP contribution in [-0.2, 0) is 42.9 Å². The molecule has 1 fully saturated rings. The molecule has 0 bridgehead atoms. The third-order valence-electron chi connectivity index (χ3n) is 5.62. The lowest BCUT2D eigenvalue weighted by Crippen LogP contribution is -2.35. The molecule has 0 aromatic carbocycles. The molecule has 5 atom stereocenters. The van der Waals surface area contributed by atoms with Crippen molar-refractivity contribution < 1.29 is 42.9 Å². The molecule has 32 heavy (non-hydrogen) atoms. The van der Waals surface area contributed by atoms with E-state index in [1.165, 1.54) is 20.8 Å². The summed E-state index contributed by atoms with van der Waals surface area (Å²) < 4.78 is 27.7. The fourth-order valence-electron chi connectivity index (χ4n) is 4.13. The standard InChI is InChI=1S/C23H28O9/c1-11(2)21(26)30-17-8-12(3)7-15(29-14(5)25)9-23(6)20(32-23)19-18(17)16(22(27)31-19)10-28-13(4)24/h7,15,17,19-20H,1,8-10H2,2-6H3/b12-7-/t15-,17-,19-,20-,23+/m0/s1. The molecule has 0 spiro atoms. The van der Waals surface area contributed by atoms with E-state index in [2.05, 4.69) is 6.58 Å². The summed E-state index contributed by atoms with van der Waals surface area (Å²) in [4.78, 5) is 48.1. The third-order valence-corrected chi connectivity index (χ3v) is 5.62. The van der Waals surface area contributed by atoms with E-state index in [4.69, 9.17) is 23.7 Å². The zero-order chi connectivity index (χ0) is 23.8. The van der Waals surface area contributed by atoms with Gasteiger partial charge in [0.1, 0.15) is 30.5 Å². The van der Waals surface area contributed by atoms with Crippen molar-refractivity contribution in [1.29, 1.82) is 0 Å². The number of hydrogen-bond donors (Lipinski definition) is 0. The maximum atomic E-state index is 12.7. The van der Waals surface area contributed by atoms with E-state index in [1.807, 2.05) is 13.8 Å². The Kier molecular flexibility index (Phi) is 6.59. The second kappa shape index (κ2) is 8.90. The van der Waals surface area contributed by atoms with Crippen molar-refractivity contribution in [3.63, 3.8) is 0 Å². The van der Waals surface area contributed by atoms with Gasteiger partial charge in [0.15, 0.2) is 6.10 Å². The summed E-state index contributed by atoms with van der Waals surface area (Å²) >= 11 is 0. The van der Waals surface area contributed by atoms with Crippen LogP contribution >= 0.6 is 0 Å². The van der Waals surface area contributed by atoms with Crippen LogP contribution in [0.5, 0.6) is 0 Å². The molecule has 0 saturated carbocycles. The fraction of sp³-hybridized carbons (Fsp3) is 0.565. The van der Waals surface area contributed by atoms with Crippen LogP contribution in [0.25, 0.3) is 0 Å². The minimum absolute atomic E-state index is 0.132. The van der Waals surface area contributed by atoms with Crippen LogP contribution < -0.4 is 0 Å². The van der Waals surface area contributed by atoms with Gasteiger partial charge in [-0.3, -0.25) is 9.59 Å². The van der Waals surface area contributed by atoms with E-state index in [-0.39, 0.29) is 24.2 Å². The normalized spacial score (nSPS) is 33.0. The number of carbonyl (C=O) groups is 4. The monoisotopic (exact) mass is 448 g/mol. The molecule has 0 amide bonds. The van der Waals surface area contributed by atoms with Gasteiger partial charge in [-0.1, -0.05) is 12.2 Å². The number of esters is 4. The van der Waals surface area contributed by atoms with E-state index in [0.717, 1.165) is 5.57 Å². The summed E-state index contributed by atoms with van der Waals surface area (Å²) in [7, 11) is 0. The van der Waals surface area contributed by atoms with Crippen LogP contribution in [0.15, 0.2) is 34.9 Å². The second-order valence-electron chi connectivity index (χ2n) is 8.63. The van der Waals surface area contributed by atoms with Gasteiger partial charge < -0.3 is 23.7 Å². The first kappa shape index (κ1) is 23.7. The highest BCUT2D eigenvalue weighted by Crippen LogP contribution is 2.49. The lowest BCUT2D eigenvalue weighted by molar-refractivity contribution is -0.145. The minimum atomic E-state index is -0.887. The number of fused-ring (bicyclic) bond motifs is 3. The van der Waals surface area contributed by atoms with Crippen LogP contribution in [0.2, 0.25) is 0 Å². The summed E-state index contributed by atoms with van der Waals surface area (Å²) in [6, 6.07) is 0. The smallest absolute Gasteiger partial charge is 0.338 e. The summed E-state index contributed by atoms with van der Waals surface area (Å²) in [5, 5.41) is 0. The van der Waals surface area contributed by atoms with Crippen LogP contribution in [0, 0.1) is 0 Å². The lowest BCUT2D eigenvalue weighted by atomic mass is 9.86. The van der Waals surface area contributed by atoms with Gasteiger partial charge >= 0.3 is 23.9 Å². The fourth-order valence-corrected chi connectivity index (χ4v) is 4.13. The predicted octanol–water partition coefficient (Wildman–Crippen LogP) is 2.09. The molecule has 0 aromatic heterocycles. The molecule has 3 aliphatic rings. The molecular weight excluding hydrogens is 420 g/mol. The molecule has 9 heteroatoms. The van der Waals surface area contributed by atoms with Gasteiger partial charge in [0.05, 0.1) is 5.57 Å². The average Bonchev–Trinajstić information content (AvgIpc) is 3.19. The Morgan fingerprint density at radius 1 is 1.19 bits per heavy atom. The molecule has 0 unspecified atom stereocenters. The van der Waals surface area contributed by atoms with Gasteiger partial charge in [0, 0.05) is 37.8 Å². The number of hydrogen-bond acceptors (Lipinski definition) is 9. The highest BCUT2D eigenvalue weighted by Gasteiger charge is 2.62. The molecule has 2 heterocycles. The zero-order valence-electron chi connectivity index (χ0n) is 18.9. The molecule has 3 rings (SSSR count). The van der Waals surface area contributed by atoms with Crippen molar-refractivity contribution in [3.8, 4) is 0 Å². The summed E-state index contributed by atoms with van der Waals surface area (Å²) in [6.07, 6.45) is -0.434. The molecule has 0 radical (unpaired) electrons. The first-order chi connectivity index (χ1) is 14.9. The Labute approximate surface area is 186 Å². The van der Waals surface area contributed by atoms with Crippen LogP contribution in [0.4, 0.5) is 0 Å². The van der Waals surface area contributed by atoms with Crippen molar-refractivity contribution in [2.45, 2.75) is 77.5 Å². The van der Waals surface area contributed by atoms with Crippen LogP contribution in [0.1, 0.15) is 47.5 Å². The van der Waals surface area contributed by atoms with Crippen molar-refractivity contribution in [2.75, 3.05) is 6.61 Å². The molecule has 9 nitrogen and oxygen atoms in total. The van der Waals surface area contributed by atoms with Gasteiger partial charge in [0.25, 0.3) is 0 Å². The molecule has 0 N–H and O–H groups in total. The topological polar surface area (TPSA) is 118 Å². The summed E-state index contributed by atoms with van der Waals surface area (Å²) in [5.74, 6) is -2.28. The molecular formula is C23H28O9. The minimum Gasteiger partial charge on any atom is -0.461 e. The Morgan fingerprint density at radius 3 is 2.47 bits per heavy atom. The molecule has 1 saturated heterocycles. The van der Waals surface area contributed by atoms with Gasteiger partial charge in [0.2, 0.25) is 0 Å². The molecule has 1 aliphatic carbocycles. The van der Waals surface area contributed by atoms with Gasteiger partial charge in [-0.15, -0.1) is 0 Å². The van der Waals surface area contributed by atoms with Gasteiger partial charge in [-0.05, 0) is 26.8 Å². The van der Waals surface area contributed by atoms with Crippen LogP contribution in [-0.4, -0.2) is 60.5 Å². The quantitative estimate of drug-likeness (QED) is 0.205. The van der Waals surface area contributed by atoms with Gasteiger partial charge in [-0.25, -0.2) is 9.59 Å². The number of rotatable bonds is 5. The molecule has 174 valence electrons. The average molecular weight is 448 g/mol. The van der Waals surface area contributed by atoms with Crippen molar-refractivity contribution in [3.05, 3.63) is 34.9 Å². The van der Waals surface area contributed by atoms with E-state index in [0.29, 0.717) is 12.0 Å². The van der Waals surface area contributed by atoms with E-state index in [1.54, 1.807) is 6.08 Å². The van der Waals surface area contributed by atoms with E-state index in [9.17, 15) is 19.2 Å². The number of carbonyl (C=O) groups excluding carboxylic acids is 4. The molecule has 0 aromatic rings. The SMILES string of the molecule is C=C(C)C(=O)O[C@H]1C/C(C)=C\[C@H](OC(C)=O)C[C@@]2(C)O[C@H]2[C@H]2OC(=O)C(COC(C)=O)=C12. The Morgan fingerprint density at radius 2 is 1.88 bits per heavy atom. The molecule has 2 aliphatic heterocycles. The largest absolute Gasteiger partial charge is 0.461 e. The first-order valence-electron chi connectivity index (χ1n) is 10.4. The van der Waals surface area contributed by atoms with E-state index >= 15 is 0 Å². The maximum absolute atomic E-state index is 12.7. The zero-order valence-corrected chi connectivity index (χ0v) is 18.9. The Balaban J connectivity index is 2.07. The predicted molar refractivity (Wildman–Crippen MR) is 110 cm³/mol. The third kappa shape index (κ3) is 5.09. The lowest BCUT2D eigenvalue weighted by Gasteiger charge is -2.26. The van der Waals surface area contributed by atoms with Crippen molar-refractivity contribution >= 4 is 23.9 Å². The highest BCUT2D eigenvalue weighted by molar-refractivity contribution is 5.94.